The number of benzene rings is 2. The van der Waals surface area contributed by atoms with Crippen LogP contribution in [0.5, 0.6) is 0 Å². The first-order chi connectivity index (χ1) is 15.5. The topological polar surface area (TPSA) is 78.9 Å². The Morgan fingerprint density at radius 1 is 0.875 bits per heavy atom. The van der Waals surface area contributed by atoms with Crippen molar-refractivity contribution >= 4 is 33.7 Å². The van der Waals surface area contributed by atoms with Crippen molar-refractivity contribution in [2.75, 3.05) is 25.2 Å². The number of carbonyl (C=O) groups excluding carboxylic acids is 3. The van der Waals surface area contributed by atoms with Gasteiger partial charge in [0.1, 0.15) is 0 Å². The molecule has 0 N–H and O–H groups in total. The van der Waals surface area contributed by atoms with Crippen molar-refractivity contribution in [2.45, 2.75) is 39.2 Å². The van der Waals surface area contributed by atoms with Gasteiger partial charge in [0, 0.05) is 29.5 Å². The Morgan fingerprint density at radius 3 is 2.22 bits per heavy atom. The van der Waals surface area contributed by atoms with E-state index in [4.69, 9.17) is 14.2 Å². The zero-order valence-electron chi connectivity index (χ0n) is 18.5. The molecule has 1 unspecified atom stereocenters. The number of ketones is 1. The number of carbonyl (C=O) groups is 3. The number of hydrogen-bond acceptors (Lipinski definition) is 6. The van der Waals surface area contributed by atoms with E-state index >= 15 is 0 Å². The fourth-order valence-corrected chi connectivity index (χ4v) is 3.49. The minimum absolute atomic E-state index is 0.219. The summed E-state index contributed by atoms with van der Waals surface area (Å²) in [5.41, 5.74) is 1.97. The average molecular weight is 505 g/mol. The lowest BCUT2D eigenvalue weighted by Crippen LogP contribution is -2.29. The van der Waals surface area contributed by atoms with Crippen LogP contribution < -0.4 is 0 Å². The molecule has 1 atom stereocenters. The molecule has 2 aromatic rings. The lowest BCUT2D eigenvalue weighted by atomic mass is 9.98. The minimum Gasteiger partial charge on any atom is -0.464 e. The van der Waals surface area contributed by atoms with Gasteiger partial charge in [-0.2, -0.15) is 0 Å². The molecule has 0 radical (unpaired) electrons. The summed E-state index contributed by atoms with van der Waals surface area (Å²) >= 11 is 3.38. The van der Waals surface area contributed by atoms with Gasteiger partial charge in [0.15, 0.2) is 11.9 Å². The van der Waals surface area contributed by atoms with Crippen LogP contribution in [0.15, 0.2) is 48.5 Å². The molecule has 0 aliphatic heterocycles. The van der Waals surface area contributed by atoms with Gasteiger partial charge >= 0.3 is 11.9 Å². The summed E-state index contributed by atoms with van der Waals surface area (Å²) < 4.78 is 15.9. The van der Waals surface area contributed by atoms with Crippen LogP contribution in [0.1, 0.15) is 58.5 Å². The van der Waals surface area contributed by atoms with Gasteiger partial charge < -0.3 is 14.2 Å². The third kappa shape index (κ3) is 7.88. The smallest absolute Gasteiger partial charge is 0.338 e. The largest absolute Gasteiger partial charge is 0.464 e. The van der Waals surface area contributed by atoms with Crippen molar-refractivity contribution in [1.82, 2.24) is 0 Å². The lowest BCUT2D eigenvalue weighted by molar-refractivity contribution is -0.156. The second-order valence-electron chi connectivity index (χ2n) is 7.04. The molecule has 0 aliphatic carbocycles. The van der Waals surface area contributed by atoms with Crippen molar-refractivity contribution in [1.29, 1.82) is 0 Å². The van der Waals surface area contributed by atoms with Gasteiger partial charge in [0.2, 0.25) is 0 Å². The number of alkyl halides is 1. The molecule has 6 nitrogen and oxygen atoms in total. The predicted octanol–water partition coefficient (Wildman–Crippen LogP) is 4.76. The van der Waals surface area contributed by atoms with Crippen molar-refractivity contribution in [3.8, 4) is 0 Å². The molecule has 2 rings (SSSR count). The Kier molecular flexibility index (Phi) is 11.1. The first-order valence-corrected chi connectivity index (χ1v) is 11.9. The maximum atomic E-state index is 13.0. The Labute approximate surface area is 197 Å². The van der Waals surface area contributed by atoms with E-state index in [-0.39, 0.29) is 19.0 Å². The van der Waals surface area contributed by atoms with E-state index in [1.54, 1.807) is 50.2 Å². The van der Waals surface area contributed by atoms with Gasteiger partial charge in [0.25, 0.3) is 0 Å². The van der Waals surface area contributed by atoms with Gasteiger partial charge in [-0.1, -0.05) is 46.3 Å². The Hall–Kier alpha value is -2.51. The van der Waals surface area contributed by atoms with Crippen LogP contribution in [-0.2, 0) is 25.4 Å². The van der Waals surface area contributed by atoms with Gasteiger partial charge in [-0.15, -0.1) is 0 Å². The monoisotopic (exact) mass is 504 g/mol. The van der Waals surface area contributed by atoms with E-state index < -0.39 is 18.0 Å². The summed E-state index contributed by atoms with van der Waals surface area (Å²) in [6.45, 7) is 4.47. The molecule has 0 saturated carbocycles. The predicted molar refractivity (Wildman–Crippen MR) is 125 cm³/mol. The highest BCUT2D eigenvalue weighted by Gasteiger charge is 2.22. The van der Waals surface area contributed by atoms with Gasteiger partial charge in [-0.05, 0) is 50.5 Å². The van der Waals surface area contributed by atoms with Crippen LogP contribution in [0.2, 0.25) is 0 Å². The molecule has 0 spiro atoms. The van der Waals surface area contributed by atoms with Crippen molar-refractivity contribution in [3.05, 3.63) is 70.8 Å². The molecule has 0 heterocycles. The number of halogens is 1. The van der Waals surface area contributed by atoms with E-state index in [2.05, 4.69) is 15.9 Å². The van der Waals surface area contributed by atoms with E-state index in [0.717, 1.165) is 23.7 Å². The molecule has 0 saturated heterocycles. The summed E-state index contributed by atoms with van der Waals surface area (Å²) in [6.07, 6.45) is 1.35. The molecule has 2 aromatic carbocycles. The van der Waals surface area contributed by atoms with Crippen molar-refractivity contribution < 1.29 is 28.6 Å². The standard InChI is InChI=1S/C25H29BrO6/c1-3-30-24(28)21-12-8-11-20(17-21)23(27)19-10-7-9-18(15-19)16-22(25(29)31-4-2)32-14-6-5-13-26/h7-12,15,17,22H,3-6,13-14,16H2,1-2H3. The molecule has 0 aliphatic rings. The summed E-state index contributed by atoms with van der Waals surface area (Å²) in [5, 5.41) is 0.877. The Morgan fingerprint density at radius 2 is 1.53 bits per heavy atom. The van der Waals surface area contributed by atoms with Crippen LogP contribution >= 0.6 is 15.9 Å². The summed E-state index contributed by atoms with van der Waals surface area (Å²) in [7, 11) is 0. The fraction of sp³-hybridized carbons (Fsp3) is 0.400. The first kappa shape index (κ1) is 25.7. The molecule has 0 bridgehead atoms. The summed E-state index contributed by atoms with van der Waals surface area (Å²) in [6, 6.07) is 13.5. The van der Waals surface area contributed by atoms with Gasteiger partial charge in [-0.25, -0.2) is 9.59 Å². The third-order valence-corrected chi connectivity index (χ3v) is 5.20. The van der Waals surface area contributed by atoms with Crippen LogP contribution in [0.25, 0.3) is 0 Å². The summed E-state index contributed by atoms with van der Waals surface area (Å²) in [4.78, 5) is 37.3. The van der Waals surface area contributed by atoms with Crippen LogP contribution in [-0.4, -0.2) is 49.0 Å². The molecule has 32 heavy (non-hydrogen) atoms. The number of hydrogen-bond donors (Lipinski definition) is 0. The van der Waals surface area contributed by atoms with Crippen LogP contribution in [0.4, 0.5) is 0 Å². The highest BCUT2D eigenvalue weighted by Crippen LogP contribution is 2.16. The quantitative estimate of drug-likeness (QED) is 0.169. The normalized spacial score (nSPS) is 11.6. The highest BCUT2D eigenvalue weighted by molar-refractivity contribution is 9.09. The van der Waals surface area contributed by atoms with Crippen LogP contribution in [0.3, 0.4) is 0 Å². The minimum atomic E-state index is -0.734. The number of esters is 2. The molecule has 7 heteroatoms. The molecule has 0 fully saturated rings. The van der Waals surface area contributed by atoms with E-state index in [9.17, 15) is 14.4 Å². The maximum Gasteiger partial charge on any atom is 0.338 e. The fourth-order valence-electron chi connectivity index (χ4n) is 3.09. The Bertz CT molecular complexity index is 911. The molecule has 0 aromatic heterocycles. The number of ether oxygens (including phenoxy) is 3. The number of unbranched alkanes of at least 4 members (excludes halogenated alkanes) is 1. The average Bonchev–Trinajstić information content (AvgIpc) is 2.81. The molecule has 0 amide bonds. The van der Waals surface area contributed by atoms with Crippen molar-refractivity contribution in [3.63, 3.8) is 0 Å². The van der Waals surface area contributed by atoms with E-state index in [0.29, 0.717) is 29.7 Å². The second-order valence-corrected chi connectivity index (χ2v) is 7.84. The zero-order valence-corrected chi connectivity index (χ0v) is 20.1. The summed E-state index contributed by atoms with van der Waals surface area (Å²) in [5.74, 6) is -1.10. The molecule has 172 valence electrons. The third-order valence-electron chi connectivity index (χ3n) is 4.64. The zero-order chi connectivity index (χ0) is 23.3. The van der Waals surface area contributed by atoms with Gasteiger partial charge in [0.05, 0.1) is 18.8 Å². The molecular formula is C25H29BrO6. The first-order valence-electron chi connectivity index (χ1n) is 10.7. The Balaban J connectivity index is 2.17. The van der Waals surface area contributed by atoms with Crippen LogP contribution in [0, 0.1) is 0 Å². The van der Waals surface area contributed by atoms with E-state index in [1.807, 2.05) is 6.07 Å². The maximum absolute atomic E-state index is 13.0. The SMILES string of the molecule is CCOC(=O)c1cccc(C(=O)c2cccc(CC(OCCCCBr)C(=O)OCC)c2)c1. The lowest BCUT2D eigenvalue weighted by Gasteiger charge is -2.17. The number of rotatable bonds is 13. The van der Waals surface area contributed by atoms with Gasteiger partial charge in [-0.3, -0.25) is 4.79 Å². The highest BCUT2D eigenvalue weighted by atomic mass is 79.9. The molecular weight excluding hydrogens is 476 g/mol. The van der Waals surface area contributed by atoms with E-state index in [1.165, 1.54) is 6.07 Å². The van der Waals surface area contributed by atoms with Crippen molar-refractivity contribution in [2.24, 2.45) is 0 Å². The second kappa shape index (κ2) is 13.8.